The zero-order chi connectivity index (χ0) is 15.5. The molecule has 0 bridgehead atoms. The van der Waals surface area contributed by atoms with Crippen molar-refractivity contribution in [3.05, 3.63) is 16.3 Å². The van der Waals surface area contributed by atoms with Crippen molar-refractivity contribution in [2.24, 2.45) is 0 Å². The lowest BCUT2D eigenvalue weighted by Crippen LogP contribution is -2.10. The second kappa shape index (κ2) is 10.2. The third-order valence-corrected chi connectivity index (χ3v) is 3.51. The van der Waals surface area contributed by atoms with Crippen LogP contribution in [0.25, 0.3) is 0 Å². The minimum Gasteiger partial charge on any atom is -0.364 e. The second-order valence-electron chi connectivity index (χ2n) is 4.59. The van der Waals surface area contributed by atoms with Gasteiger partial charge in [0.15, 0.2) is 0 Å². The molecule has 1 heterocycles. The largest absolute Gasteiger partial charge is 0.364 e. The first-order valence-electron chi connectivity index (χ1n) is 7.17. The van der Waals surface area contributed by atoms with Gasteiger partial charge in [0.1, 0.15) is 6.20 Å². The predicted molar refractivity (Wildman–Crippen MR) is 88.2 cm³/mol. The van der Waals surface area contributed by atoms with Crippen molar-refractivity contribution in [3.63, 3.8) is 0 Å². The lowest BCUT2D eigenvalue weighted by molar-refractivity contribution is -0.384. The molecule has 8 heteroatoms. The first-order chi connectivity index (χ1) is 10.2. The van der Waals surface area contributed by atoms with E-state index in [4.69, 9.17) is 0 Å². The summed E-state index contributed by atoms with van der Waals surface area (Å²) >= 11 is 1.83. The highest BCUT2D eigenvalue weighted by Gasteiger charge is 2.16. The number of hydrogen-bond acceptors (Lipinski definition) is 7. The molecule has 7 nitrogen and oxygen atoms in total. The number of thioether (sulfide) groups is 1. The zero-order valence-corrected chi connectivity index (χ0v) is 13.4. The average Bonchev–Trinajstić information content (AvgIpc) is 2.48. The Bertz CT molecular complexity index is 445. The summed E-state index contributed by atoms with van der Waals surface area (Å²) in [7, 11) is 0. The fraction of sp³-hybridized carbons (Fsp3) is 0.692. The molecule has 0 fully saturated rings. The molecule has 0 radical (unpaired) electrons. The van der Waals surface area contributed by atoms with Gasteiger partial charge in [-0.15, -0.1) is 0 Å². The number of aromatic nitrogens is 2. The maximum Gasteiger partial charge on any atom is 0.329 e. The lowest BCUT2D eigenvalue weighted by atomic mass is 10.2. The van der Waals surface area contributed by atoms with Crippen LogP contribution < -0.4 is 10.6 Å². The van der Waals surface area contributed by atoms with E-state index in [2.05, 4.69) is 26.9 Å². The molecule has 118 valence electrons. The Hall–Kier alpha value is -1.57. The minimum absolute atomic E-state index is 0.0823. The van der Waals surface area contributed by atoms with Crippen LogP contribution in [0.4, 0.5) is 17.5 Å². The second-order valence-corrected chi connectivity index (χ2v) is 5.58. The standard InChI is InChI=1S/C13H23N5O2S/c1-3-7-15-13-16-10-11(18(19)20)12(17-13)14-8-5-4-6-9-21-2/h10H,3-9H2,1-2H3,(H2,14,15,16,17). The molecule has 1 rings (SSSR count). The van der Waals surface area contributed by atoms with Crippen LogP contribution >= 0.6 is 11.8 Å². The van der Waals surface area contributed by atoms with Gasteiger partial charge >= 0.3 is 5.69 Å². The molecule has 2 N–H and O–H groups in total. The highest BCUT2D eigenvalue weighted by atomic mass is 32.2. The highest BCUT2D eigenvalue weighted by Crippen LogP contribution is 2.22. The van der Waals surface area contributed by atoms with Crippen LogP contribution in [-0.4, -0.2) is 40.0 Å². The summed E-state index contributed by atoms with van der Waals surface area (Å²) < 4.78 is 0. The number of unbranched alkanes of at least 4 members (excludes halogenated alkanes) is 2. The number of nitrogens with one attached hydrogen (secondary N) is 2. The molecule has 0 saturated carbocycles. The van der Waals surface area contributed by atoms with Crippen molar-refractivity contribution >= 4 is 29.2 Å². The molecular formula is C13H23N5O2S. The predicted octanol–water partition coefficient (Wildman–Crippen LogP) is 3.15. The molecule has 0 spiro atoms. The fourth-order valence-corrected chi connectivity index (χ4v) is 2.21. The maximum absolute atomic E-state index is 11.0. The Morgan fingerprint density at radius 3 is 2.76 bits per heavy atom. The van der Waals surface area contributed by atoms with Crippen LogP contribution in [-0.2, 0) is 0 Å². The number of anilines is 2. The quantitative estimate of drug-likeness (QED) is 0.368. The van der Waals surface area contributed by atoms with Gasteiger partial charge in [0.05, 0.1) is 4.92 Å². The smallest absolute Gasteiger partial charge is 0.329 e. The summed E-state index contributed by atoms with van der Waals surface area (Å²) in [5, 5.41) is 17.1. The first-order valence-corrected chi connectivity index (χ1v) is 8.56. The van der Waals surface area contributed by atoms with Gasteiger partial charge in [-0.2, -0.15) is 16.7 Å². The third kappa shape index (κ3) is 6.61. The van der Waals surface area contributed by atoms with Gasteiger partial charge in [-0.1, -0.05) is 13.3 Å². The fourth-order valence-electron chi connectivity index (χ4n) is 1.72. The van der Waals surface area contributed by atoms with Crippen LogP contribution in [0.2, 0.25) is 0 Å². The van der Waals surface area contributed by atoms with Crippen molar-refractivity contribution in [1.29, 1.82) is 0 Å². The molecular weight excluding hydrogens is 290 g/mol. The molecule has 0 aliphatic carbocycles. The Kier molecular flexibility index (Phi) is 8.49. The summed E-state index contributed by atoms with van der Waals surface area (Å²) in [6, 6.07) is 0. The molecule has 1 aromatic rings. The monoisotopic (exact) mass is 313 g/mol. The van der Waals surface area contributed by atoms with Crippen molar-refractivity contribution in [3.8, 4) is 0 Å². The lowest BCUT2D eigenvalue weighted by Gasteiger charge is -2.08. The van der Waals surface area contributed by atoms with Gasteiger partial charge in [-0.25, -0.2) is 4.98 Å². The Morgan fingerprint density at radius 2 is 2.10 bits per heavy atom. The van der Waals surface area contributed by atoms with Crippen molar-refractivity contribution in [1.82, 2.24) is 9.97 Å². The average molecular weight is 313 g/mol. The molecule has 0 aliphatic rings. The Labute approximate surface area is 129 Å². The highest BCUT2D eigenvalue weighted by molar-refractivity contribution is 7.98. The number of hydrogen-bond donors (Lipinski definition) is 2. The van der Waals surface area contributed by atoms with Gasteiger partial charge in [0.2, 0.25) is 11.8 Å². The topological polar surface area (TPSA) is 93.0 Å². The van der Waals surface area contributed by atoms with Crippen LogP contribution in [0, 0.1) is 10.1 Å². The summed E-state index contributed by atoms with van der Waals surface area (Å²) in [6.07, 6.45) is 7.53. The van der Waals surface area contributed by atoms with E-state index in [-0.39, 0.29) is 5.69 Å². The van der Waals surface area contributed by atoms with E-state index in [9.17, 15) is 10.1 Å². The van der Waals surface area contributed by atoms with Gasteiger partial charge in [-0.3, -0.25) is 10.1 Å². The normalized spacial score (nSPS) is 10.4. The molecule has 1 aromatic heterocycles. The van der Waals surface area contributed by atoms with Gasteiger partial charge in [0, 0.05) is 13.1 Å². The van der Waals surface area contributed by atoms with E-state index < -0.39 is 4.92 Å². The van der Waals surface area contributed by atoms with Crippen molar-refractivity contribution in [2.75, 3.05) is 35.7 Å². The van der Waals surface area contributed by atoms with E-state index in [1.807, 2.05) is 18.7 Å². The molecule has 0 saturated heterocycles. The van der Waals surface area contributed by atoms with E-state index >= 15 is 0 Å². The van der Waals surface area contributed by atoms with E-state index in [0.717, 1.165) is 38.0 Å². The summed E-state index contributed by atoms with van der Waals surface area (Å²) in [5.74, 6) is 1.87. The maximum atomic E-state index is 11.0. The van der Waals surface area contributed by atoms with Crippen LogP contribution in [0.15, 0.2) is 6.20 Å². The molecule has 0 unspecified atom stereocenters. The SMILES string of the molecule is CCCNc1ncc([N+](=O)[O-])c(NCCCCCSC)n1. The number of nitrogens with zero attached hydrogens (tertiary/aromatic N) is 3. The van der Waals surface area contributed by atoms with Crippen LogP contribution in [0.1, 0.15) is 32.6 Å². The van der Waals surface area contributed by atoms with Gasteiger partial charge in [-0.05, 0) is 31.3 Å². The third-order valence-electron chi connectivity index (χ3n) is 2.82. The number of nitro groups is 1. The minimum atomic E-state index is -0.459. The van der Waals surface area contributed by atoms with Crippen molar-refractivity contribution in [2.45, 2.75) is 32.6 Å². The summed E-state index contributed by atoms with van der Waals surface area (Å²) in [6.45, 7) is 3.46. The first kappa shape index (κ1) is 17.5. The van der Waals surface area contributed by atoms with E-state index in [1.165, 1.54) is 6.20 Å². The summed E-state index contributed by atoms with van der Waals surface area (Å²) in [5.41, 5.74) is -0.0823. The molecule has 0 aromatic carbocycles. The van der Waals surface area contributed by atoms with E-state index in [1.54, 1.807) is 0 Å². The zero-order valence-electron chi connectivity index (χ0n) is 12.6. The van der Waals surface area contributed by atoms with Crippen LogP contribution in [0.3, 0.4) is 0 Å². The number of rotatable bonds is 11. The van der Waals surface area contributed by atoms with Crippen LogP contribution in [0.5, 0.6) is 0 Å². The van der Waals surface area contributed by atoms with Gasteiger partial charge < -0.3 is 10.6 Å². The Morgan fingerprint density at radius 1 is 1.29 bits per heavy atom. The van der Waals surface area contributed by atoms with Gasteiger partial charge in [0.25, 0.3) is 0 Å². The summed E-state index contributed by atoms with van der Waals surface area (Å²) in [4.78, 5) is 18.7. The Balaban J connectivity index is 2.57. The molecule has 0 atom stereocenters. The van der Waals surface area contributed by atoms with E-state index in [0.29, 0.717) is 18.3 Å². The van der Waals surface area contributed by atoms with Crippen molar-refractivity contribution < 1.29 is 4.92 Å². The molecule has 21 heavy (non-hydrogen) atoms. The molecule has 0 amide bonds. The molecule has 0 aliphatic heterocycles.